The fraction of sp³-hybridized carbons (Fsp3) is 0.150. The van der Waals surface area contributed by atoms with Gasteiger partial charge in [0.15, 0.2) is 0 Å². The predicted octanol–water partition coefficient (Wildman–Crippen LogP) is 1.77. The van der Waals surface area contributed by atoms with Crippen molar-refractivity contribution in [2.75, 3.05) is 12.4 Å². The van der Waals surface area contributed by atoms with Gasteiger partial charge in [-0.3, -0.25) is 15.5 Å². The van der Waals surface area contributed by atoms with E-state index in [-0.39, 0.29) is 17.7 Å². The Balaban J connectivity index is 1.56. The minimum atomic E-state index is 0.0603. The average molecular weight is 416 g/mol. The number of pyridine rings is 1. The molecule has 4 rings (SSSR count). The van der Waals surface area contributed by atoms with Crippen molar-refractivity contribution in [2.45, 2.75) is 6.42 Å². The van der Waals surface area contributed by atoms with Crippen LogP contribution in [0.2, 0.25) is 0 Å². The number of aromatic nitrogens is 7. The van der Waals surface area contributed by atoms with E-state index in [4.69, 9.17) is 15.6 Å². The van der Waals surface area contributed by atoms with Gasteiger partial charge in [0.1, 0.15) is 17.1 Å². The fourth-order valence-electron chi connectivity index (χ4n) is 2.97. The van der Waals surface area contributed by atoms with Gasteiger partial charge in [-0.25, -0.2) is 19.6 Å². The molecule has 4 aromatic heterocycles. The van der Waals surface area contributed by atoms with Crippen LogP contribution in [0.1, 0.15) is 5.56 Å². The molecule has 0 fully saturated rings. The van der Waals surface area contributed by atoms with E-state index in [0.717, 1.165) is 11.4 Å². The molecule has 31 heavy (non-hydrogen) atoms. The van der Waals surface area contributed by atoms with Gasteiger partial charge in [-0.15, -0.1) is 0 Å². The van der Waals surface area contributed by atoms with Crippen molar-refractivity contribution in [3.8, 4) is 17.1 Å². The topological polar surface area (TPSA) is 143 Å². The second-order valence-corrected chi connectivity index (χ2v) is 6.57. The van der Waals surface area contributed by atoms with Gasteiger partial charge in [-0.05, 0) is 18.2 Å². The van der Waals surface area contributed by atoms with Gasteiger partial charge in [0.25, 0.3) is 0 Å². The summed E-state index contributed by atoms with van der Waals surface area (Å²) in [7, 11) is 3.35. The molecule has 156 valence electrons. The summed E-state index contributed by atoms with van der Waals surface area (Å²) in [6.45, 7) is 0. The first-order valence-electron chi connectivity index (χ1n) is 9.33. The van der Waals surface area contributed by atoms with E-state index in [1.54, 1.807) is 47.7 Å². The number of hydrogen-bond donors (Lipinski definition) is 3. The van der Waals surface area contributed by atoms with Crippen molar-refractivity contribution < 1.29 is 4.74 Å². The zero-order valence-electron chi connectivity index (χ0n) is 16.9. The molecule has 11 nitrogen and oxygen atoms in total. The molecule has 0 aliphatic heterocycles. The number of nitrogens with one attached hydrogen (secondary N) is 3. The summed E-state index contributed by atoms with van der Waals surface area (Å²) in [6.07, 6.45) is 6.73. The monoisotopic (exact) mass is 416 g/mol. The normalized spacial score (nSPS) is 10.6. The molecule has 0 bridgehead atoms. The van der Waals surface area contributed by atoms with Crippen LogP contribution in [0.4, 0.5) is 11.8 Å². The van der Waals surface area contributed by atoms with Gasteiger partial charge in [0.2, 0.25) is 11.8 Å². The van der Waals surface area contributed by atoms with Gasteiger partial charge < -0.3 is 10.1 Å². The predicted molar refractivity (Wildman–Crippen MR) is 113 cm³/mol. The maximum atomic E-state index is 8.37. The Hall–Kier alpha value is -4.41. The Bertz CT molecular complexity index is 1290. The molecule has 0 amide bonds. The van der Waals surface area contributed by atoms with Crippen LogP contribution >= 0.6 is 0 Å². The lowest BCUT2D eigenvalue weighted by Gasteiger charge is -2.11. The molecule has 0 unspecified atom stereocenters. The van der Waals surface area contributed by atoms with E-state index in [1.165, 1.54) is 11.8 Å². The molecule has 0 aliphatic carbocycles. The van der Waals surface area contributed by atoms with Crippen LogP contribution in [-0.2, 0) is 13.5 Å². The van der Waals surface area contributed by atoms with Crippen LogP contribution < -0.4 is 15.5 Å². The number of aryl methyl sites for hydroxylation is 1. The Morgan fingerprint density at radius 2 is 2.00 bits per heavy atom. The first kappa shape index (κ1) is 19.9. The smallest absolute Gasteiger partial charge is 0.228 e. The van der Waals surface area contributed by atoms with E-state index in [0.29, 0.717) is 23.1 Å². The quantitative estimate of drug-likeness (QED) is 0.321. The molecule has 0 spiro atoms. The van der Waals surface area contributed by atoms with Crippen LogP contribution in [0.15, 0.2) is 55.1 Å². The van der Waals surface area contributed by atoms with Crippen molar-refractivity contribution in [3.05, 3.63) is 66.2 Å². The summed E-state index contributed by atoms with van der Waals surface area (Å²) < 4.78 is 8.17. The van der Waals surface area contributed by atoms with E-state index < -0.39 is 0 Å². The van der Waals surface area contributed by atoms with Crippen molar-refractivity contribution in [3.63, 3.8) is 0 Å². The van der Waals surface area contributed by atoms with E-state index in [2.05, 4.69) is 30.5 Å². The standard InChI is InChI=1S/C20H20N10O/c1-29-18(6-9-25-29)28-20-24-8-5-15(27-20)14-11-17(22)30(26-12-14)16(21)10-13-4-3-7-23-19(13)31-2/h3-9,11-12,21-22H,10H2,1-2H3,(H,24,27,28). The van der Waals surface area contributed by atoms with Crippen molar-refractivity contribution >= 4 is 17.6 Å². The van der Waals surface area contributed by atoms with Gasteiger partial charge in [-0.1, -0.05) is 6.07 Å². The third-order valence-corrected chi connectivity index (χ3v) is 4.50. The van der Waals surface area contributed by atoms with Gasteiger partial charge >= 0.3 is 0 Å². The third kappa shape index (κ3) is 4.29. The average Bonchev–Trinajstić information content (AvgIpc) is 3.18. The highest BCUT2D eigenvalue weighted by Gasteiger charge is 2.11. The summed E-state index contributed by atoms with van der Waals surface area (Å²) >= 11 is 0. The molecule has 11 heteroatoms. The highest BCUT2D eigenvalue weighted by molar-refractivity contribution is 5.83. The Morgan fingerprint density at radius 3 is 2.74 bits per heavy atom. The first-order chi connectivity index (χ1) is 15.0. The maximum absolute atomic E-state index is 8.37. The van der Waals surface area contributed by atoms with Crippen LogP contribution in [0, 0.1) is 10.8 Å². The Kier molecular flexibility index (Phi) is 5.47. The molecule has 4 aromatic rings. The second-order valence-electron chi connectivity index (χ2n) is 6.57. The van der Waals surface area contributed by atoms with E-state index in [1.807, 2.05) is 19.2 Å². The maximum Gasteiger partial charge on any atom is 0.228 e. The largest absolute Gasteiger partial charge is 0.481 e. The Morgan fingerprint density at radius 1 is 1.13 bits per heavy atom. The molecule has 0 saturated carbocycles. The van der Waals surface area contributed by atoms with Crippen LogP contribution in [0.25, 0.3) is 11.3 Å². The summed E-state index contributed by atoms with van der Waals surface area (Å²) in [5, 5.41) is 28.2. The molecule has 4 heterocycles. The number of rotatable bonds is 6. The summed E-state index contributed by atoms with van der Waals surface area (Å²) in [4.78, 5) is 12.9. The van der Waals surface area contributed by atoms with Crippen molar-refractivity contribution in [2.24, 2.45) is 7.05 Å². The number of hydrogen-bond acceptors (Lipinski definition) is 9. The molecule has 0 radical (unpaired) electrons. The minimum absolute atomic E-state index is 0.0603. The molecule has 0 saturated heterocycles. The lowest BCUT2D eigenvalue weighted by atomic mass is 10.2. The number of anilines is 2. The van der Waals surface area contributed by atoms with Crippen LogP contribution in [0.5, 0.6) is 5.88 Å². The van der Waals surface area contributed by atoms with Crippen molar-refractivity contribution in [1.29, 1.82) is 10.8 Å². The Labute approximate surface area is 177 Å². The SMILES string of the molecule is COc1ncccc1CC(=N)n1ncc(-c2ccnc(Nc3ccnn3C)n2)cc1=N. The first-order valence-corrected chi connectivity index (χ1v) is 9.33. The number of methoxy groups -OCH3 is 1. The number of ether oxygens (including phenoxy) is 1. The second kappa shape index (κ2) is 8.53. The molecular formula is C20H20N10O. The summed E-state index contributed by atoms with van der Waals surface area (Å²) in [6, 6.07) is 8.77. The van der Waals surface area contributed by atoms with E-state index >= 15 is 0 Å². The van der Waals surface area contributed by atoms with Gasteiger partial charge in [-0.2, -0.15) is 10.2 Å². The van der Waals surface area contributed by atoms with Crippen molar-refractivity contribution in [1.82, 2.24) is 34.5 Å². The highest BCUT2D eigenvalue weighted by atomic mass is 16.5. The third-order valence-electron chi connectivity index (χ3n) is 4.50. The molecule has 0 aliphatic rings. The summed E-state index contributed by atoms with van der Waals surface area (Å²) in [5.74, 6) is 1.73. The molecule has 0 atom stereocenters. The highest BCUT2D eigenvalue weighted by Crippen LogP contribution is 2.18. The van der Waals surface area contributed by atoms with Crippen LogP contribution in [-0.4, -0.2) is 47.5 Å². The van der Waals surface area contributed by atoms with Crippen LogP contribution in [0.3, 0.4) is 0 Å². The minimum Gasteiger partial charge on any atom is -0.481 e. The molecule has 0 aromatic carbocycles. The summed E-state index contributed by atoms with van der Waals surface area (Å²) in [5.41, 5.74) is 2.05. The number of nitrogens with zero attached hydrogens (tertiary/aromatic N) is 7. The zero-order valence-corrected chi connectivity index (χ0v) is 16.9. The lowest BCUT2D eigenvalue weighted by molar-refractivity contribution is 0.393. The lowest BCUT2D eigenvalue weighted by Crippen LogP contribution is -2.30. The molecule has 3 N–H and O–H groups in total. The van der Waals surface area contributed by atoms with Gasteiger partial charge in [0.05, 0.1) is 25.2 Å². The van der Waals surface area contributed by atoms with E-state index in [9.17, 15) is 0 Å². The molecular weight excluding hydrogens is 396 g/mol. The zero-order chi connectivity index (χ0) is 21.8. The fourth-order valence-corrected chi connectivity index (χ4v) is 2.97. The van der Waals surface area contributed by atoms with Gasteiger partial charge in [0, 0.05) is 43.1 Å².